The van der Waals surface area contributed by atoms with Gasteiger partial charge in [-0.2, -0.15) is 0 Å². The lowest BCUT2D eigenvalue weighted by atomic mass is 10.1. The molecule has 186 valence electrons. The molecule has 0 saturated carbocycles. The van der Waals surface area contributed by atoms with E-state index in [1.54, 1.807) is 36.8 Å². The minimum absolute atomic E-state index is 0.422. The number of ether oxygens (including phenoxy) is 1. The molecule has 2 amide bonds. The van der Waals surface area contributed by atoms with Crippen LogP contribution < -0.4 is 20.7 Å². The van der Waals surface area contributed by atoms with Crippen LogP contribution in [0.4, 0.5) is 22.0 Å². The summed E-state index contributed by atoms with van der Waals surface area (Å²) in [6.45, 7) is 0.692. The molecule has 2 aromatic carbocycles. The molecule has 3 N–H and O–H groups in total. The van der Waals surface area contributed by atoms with Gasteiger partial charge in [-0.25, -0.2) is 14.8 Å². The lowest BCUT2D eigenvalue weighted by Gasteiger charge is -2.13. The molecule has 9 nitrogen and oxygen atoms in total. The molecule has 0 spiro atoms. The van der Waals surface area contributed by atoms with Gasteiger partial charge in [-0.1, -0.05) is 23.7 Å². The van der Waals surface area contributed by atoms with E-state index in [2.05, 4.69) is 25.9 Å². The van der Waals surface area contributed by atoms with Crippen molar-refractivity contribution in [3.63, 3.8) is 0 Å². The van der Waals surface area contributed by atoms with Gasteiger partial charge in [0.1, 0.15) is 5.75 Å². The van der Waals surface area contributed by atoms with Gasteiger partial charge in [0.05, 0.1) is 18.5 Å². The first-order valence-corrected chi connectivity index (χ1v) is 12.0. The molecular weight excluding hydrogens is 490 g/mol. The average Bonchev–Trinajstić information content (AvgIpc) is 3.39. The Labute approximate surface area is 218 Å². The van der Waals surface area contributed by atoms with Crippen LogP contribution >= 0.6 is 11.6 Å². The number of imidazole rings is 1. The zero-order valence-electron chi connectivity index (χ0n) is 20.0. The quantitative estimate of drug-likeness (QED) is 0.244. The van der Waals surface area contributed by atoms with Crippen LogP contribution in [-0.2, 0) is 6.42 Å². The number of carbonyl (C=O) groups is 1. The van der Waals surface area contributed by atoms with E-state index < -0.39 is 6.03 Å². The zero-order valence-corrected chi connectivity index (χ0v) is 20.7. The fraction of sp³-hybridized carbons (Fsp3) is 0.111. The first-order valence-electron chi connectivity index (χ1n) is 11.6. The number of fused-ring (bicyclic) bond motifs is 1. The van der Waals surface area contributed by atoms with Crippen LogP contribution in [-0.4, -0.2) is 39.0 Å². The van der Waals surface area contributed by atoms with Crippen molar-refractivity contribution < 1.29 is 9.53 Å². The predicted octanol–water partition coefficient (Wildman–Crippen LogP) is 5.75. The van der Waals surface area contributed by atoms with Crippen LogP contribution in [0.15, 0.2) is 85.6 Å². The van der Waals surface area contributed by atoms with Gasteiger partial charge in [0.2, 0.25) is 0 Å². The number of hydrogen-bond acceptors (Lipinski definition) is 6. The molecule has 0 saturated heterocycles. The highest BCUT2D eigenvalue weighted by atomic mass is 35.5. The Hall–Kier alpha value is -4.63. The van der Waals surface area contributed by atoms with Crippen molar-refractivity contribution in [1.29, 1.82) is 0 Å². The van der Waals surface area contributed by atoms with E-state index in [0.29, 0.717) is 34.5 Å². The predicted molar refractivity (Wildman–Crippen MR) is 145 cm³/mol. The number of nitrogens with zero attached hydrogens (tertiary/aromatic N) is 4. The molecule has 37 heavy (non-hydrogen) atoms. The summed E-state index contributed by atoms with van der Waals surface area (Å²) in [5.41, 5.74) is 4.57. The number of pyridine rings is 1. The van der Waals surface area contributed by atoms with E-state index >= 15 is 0 Å². The summed E-state index contributed by atoms with van der Waals surface area (Å²) < 4.78 is 7.22. The number of benzene rings is 2. The van der Waals surface area contributed by atoms with E-state index in [1.165, 1.54) is 12.7 Å². The standard InChI is InChI=1S/C27H24ClN7O2/c1-37-24-6-5-20(28)16-22(24)34-27(36)32-21-4-2-3-19(15-21)23-17-35-14-13-31-26(35)25(33-23)30-12-9-18-7-10-29-11-8-18/h2-8,10-11,13-17H,9,12H2,1H3,(H,30,33)(H2,32,34,36). The zero-order chi connectivity index (χ0) is 25.6. The second-order valence-corrected chi connectivity index (χ2v) is 8.61. The Balaban J connectivity index is 1.33. The number of anilines is 3. The minimum atomic E-state index is -0.422. The molecule has 0 bridgehead atoms. The van der Waals surface area contributed by atoms with E-state index in [-0.39, 0.29) is 0 Å². The smallest absolute Gasteiger partial charge is 0.323 e. The van der Waals surface area contributed by atoms with Crippen molar-refractivity contribution in [2.45, 2.75) is 6.42 Å². The lowest BCUT2D eigenvalue weighted by Crippen LogP contribution is -2.19. The fourth-order valence-corrected chi connectivity index (χ4v) is 4.05. The van der Waals surface area contributed by atoms with Gasteiger partial charge in [0.25, 0.3) is 0 Å². The highest BCUT2D eigenvalue weighted by Gasteiger charge is 2.12. The molecule has 0 unspecified atom stereocenters. The number of aromatic nitrogens is 4. The van der Waals surface area contributed by atoms with Gasteiger partial charge in [-0.3, -0.25) is 4.98 Å². The summed E-state index contributed by atoms with van der Waals surface area (Å²) in [5, 5.41) is 9.52. The Kier molecular flexibility index (Phi) is 7.14. The Morgan fingerprint density at radius 1 is 1.05 bits per heavy atom. The molecule has 5 rings (SSSR count). The number of rotatable bonds is 8. The molecular formula is C27H24ClN7O2. The molecule has 3 heterocycles. The number of hydrogen-bond donors (Lipinski definition) is 3. The maximum Gasteiger partial charge on any atom is 0.323 e. The molecule has 3 aromatic heterocycles. The van der Waals surface area contributed by atoms with Gasteiger partial charge < -0.3 is 25.1 Å². The van der Waals surface area contributed by atoms with Crippen LogP contribution in [0.25, 0.3) is 16.9 Å². The fourth-order valence-electron chi connectivity index (χ4n) is 3.88. The first kappa shape index (κ1) is 24.1. The minimum Gasteiger partial charge on any atom is -0.495 e. The number of halogens is 1. The second-order valence-electron chi connectivity index (χ2n) is 8.17. The number of nitrogens with one attached hydrogen (secondary N) is 3. The van der Waals surface area contributed by atoms with Crippen molar-refractivity contribution in [2.24, 2.45) is 0 Å². The molecule has 5 aromatic rings. The summed E-state index contributed by atoms with van der Waals surface area (Å²) in [6.07, 6.45) is 9.92. The van der Waals surface area contributed by atoms with Crippen molar-refractivity contribution in [3.05, 3.63) is 96.2 Å². The monoisotopic (exact) mass is 513 g/mol. The number of methoxy groups -OCH3 is 1. The van der Waals surface area contributed by atoms with Crippen molar-refractivity contribution >= 4 is 40.5 Å². The topological polar surface area (TPSA) is 105 Å². The summed E-state index contributed by atoms with van der Waals surface area (Å²) >= 11 is 6.07. The highest BCUT2D eigenvalue weighted by Crippen LogP contribution is 2.28. The summed E-state index contributed by atoms with van der Waals surface area (Å²) in [7, 11) is 1.53. The summed E-state index contributed by atoms with van der Waals surface area (Å²) in [6, 6.07) is 16.1. The van der Waals surface area contributed by atoms with Crippen LogP contribution in [0.3, 0.4) is 0 Å². The molecule has 10 heteroatoms. The van der Waals surface area contributed by atoms with E-state index in [9.17, 15) is 4.79 Å². The highest BCUT2D eigenvalue weighted by molar-refractivity contribution is 6.31. The normalized spacial score (nSPS) is 10.8. The largest absolute Gasteiger partial charge is 0.495 e. The molecule has 0 fully saturated rings. The molecule has 0 atom stereocenters. The van der Waals surface area contributed by atoms with Crippen molar-refractivity contribution in [2.75, 3.05) is 29.6 Å². The van der Waals surface area contributed by atoms with Crippen LogP contribution in [0.5, 0.6) is 5.75 Å². The summed E-state index contributed by atoms with van der Waals surface area (Å²) in [5.74, 6) is 1.19. The third-order valence-corrected chi connectivity index (χ3v) is 5.89. The van der Waals surface area contributed by atoms with Gasteiger partial charge in [-0.15, -0.1) is 0 Å². The number of urea groups is 1. The van der Waals surface area contributed by atoms with E-state index in [4.69, 9.17) is 21.3 Å². The van der Waals surface area contributed by atoms with Crippen LogP contribution in [0.2, 0.25) is 5.02 Å². The molecule has 0 aliphatic heterocycles. The maximum absolute atomic E-state index is 12.7. The molecule has 0 aliphatic rings. The Bertz CT molecular complexity index is 1540. The first-order chi connectivity index (χ1) is 18.1. The number of amides is 2. The third-order valence-electron chi connectivity index (χ3n) is 5.66. The summed E-state index contributed by atoms with van der Waals surface area (Å²) in [4.78, 5) is 26.0. The molecule has 0 radical (unpaired) electrons. The van der Waals surface area contributed by atoms with Gasteiger partial charge in [0.15, 0.2) is 11.5 Å². The van der Waals surface area contributed by atoms with Gasteiger partial charge in [-0.05, 0) is 54.4 Å². The van der Waals surface area contributed by atoms with Crippen LogP contribution in [0.1, 0.15) is 5.56 Å². The van der Waals surface area contributed by atoms with Gasteiger partial charge in [0, 0.05) is 53.8 Å². The van der Waals surface area contributed by atoms with Gasteiger partial charge >= 0.3 is 6.03 Å². The maximum atomic E-state index is 12.7. The van der Waals surface area contributed by atoms with E-state index in [1.807, 2.05) is 53.2 Å². The van der Waals surface area contributed by atoms with Crippen molar-refractivity contribution in [1.82, 2.24) is 19.4 Å². The average molecular weight is 514 g/mol. The van der Waals surface area contributed by atoms with Crippen molar-refractivity contribution in [3.8, 4) is 17.0 Å². The van der Waals surface area contributed by atoms with Crippen LogP contribution in [0, 0.1) is 0 Å². The number of carbonyl (C=O) groups excluding carboxylic acids is 1. The van der Waals surface area contributed by atoms with E-state index in [0.717, 1.165) is 23.3 Å². The molecule has 0 aliphatic carbocycles. The SMILES string of the molecule is COc1ccc(Cl)cc1NC(=O)Nc1cccc(-c2cn3ccnc3c(NCCc3ccncc3)n2)c1. The lowest BCUT2D eigenvalue weighted by molar-refractivity contribution is 0.262. The third kappa shape index (κ3) is 5.79. The Morgan fingerprint density at radius 2 is 1.92 bits per heavy atom. The Morgan fingerprint density at radius 3 is 2.76 bits per heavy atom. The second kappa shape index (κ2) is 11.0.